The molecule has 2 rings (SSSR count). The van der Waals surface area contributed by atoms with Gasteiger partial charge in [-0.15, -0.1) is 0 Å². The van der Waals surface area contributed by atoms with E-state index in [9.17, 15) is 14.7 Å². The number of H-pyrrole nitrogens is 1. The van der Waals surface area contributed by atoms with E-state index in [2.05, 4.69) is 14.9 Å². The van der Waals surface area contributed by atoms with Gasteiger partial charge in [0.25, 0.3) is 5.56 Å². The molecule has 122 valence electrons. The van der Waals surface area contributed by atoms with E-state index in [-0.39, 0.29) is 5.56 Å². The van der Waals surface area contributed by atoms with Crippen LogP contribution in [0.25, 0.3) is 0 Å². The SMILES string of the molecule is COCC[C@]1(C(=O)O)CCCN(Cc2cc(=O)[nH]c(C)n2)C1. The van der Waals surface area contributed by atoms with Crippen LogP contribution in [0.1, 0.15) is 30.8 Å². The Bertz CT molecular complexity index is 586. The molecule has 1 aromatic rings. The van der Waals surface area contributed by atoms with Crippen LogP contribution < -0.4 is 5.56 Å². The molecule has 7 nitrogen and oxygen atoms in total. The molecule has 22 heavy (non-hydrogen) atoms. The molecule has 0 aromatic carbocycles. The summed E-state index contributed by atoms with van der Waals surface area (Å²) in [7, 11) is 1.58. The zero-order chi connectivity index (χ0) is 16.2. The van der Waals surface area contributed by atoms with Crippen LogP contribution in [-0.2, 0) is 16.1 Å². The quantitative estimate of drug-likeness (QED) is 0.806. The maximum Gasteiger partial charge on any atom is 0.311 e. The van der Waals surface area contributed by atoms with Crippen molar-refractivity contribution in [3.8, 4) is 0 Å². The number of carbonyl (C=O) groups is 1. The zero-order valence-electron chi connectivity index (χ0n) is 13.1. The van der Waals surface area contributed by atoms with Crippen LogP contribution in [-0.4, -0.2) is 52.7 Å². The van der Waals surface area contributed by atoms with Gasteiger partial charge in [-0.1, -0.05) is 0 Å². The van der Waals surface area contributed by atoms with Gasteiger partial charge >= 0.3 is 5.97 Å². The van der Waals surface area contributed by atoms with Crippen molar-refractivity contribution in [2.45, 2.75) is 32.7 Å². The Morgan fingerprint density at radius 2 is 2.36 bits per heavy atom. The summed E-state index contributed by atoms with van der Waals surface area (Å²) in [4.78, 5) is 32.2. The lowest BCUT2D eigenvalue weighted by molar-refractivity contribution is -0.154. The number of nitrogens with one attached hydrogen (secondary N) is 1. The van der Waals surface area contributed by atoms with E-state index in [1.165, 1.54) is 6.07 Å². The summed E-state index contributed by atoms with van der Waals surface area (Å²) < 4.78 is 5.07. The average Bonchev–Trinajstić information content (AvgIpc) is 2.44. The van der Waals surface area contributed by atoms with Gasteiger partial charge in [0.15, 0.2) is 0 Å². The molecule has 1 atom stereocenters. The van der Waals surface area contributed by atoms with Gasteiger partial charge < -0.3 is 14.8 Å². The van der Waals surface area contributed by atoms with Gasteiger partial charge in [-0.25, -0.2) is 4.98 Å². The lowest BCUT2D eigenvalue weighted by atomic mass is 9.77. The molecule has 0 unspecified atom stereocenters. The second-order valence-electron chi connectivity index (χ2n) is 5.96. The van der Waals surface area contributed by atoms with E-state index < -0.39 is 11.4 Å². The molecule has 2 heterocycles. The highest BCUT2D eigenvalue weighted by atomic mass is 16.5. The topological polar surface area (TPSA) is 95.5 Å². The van der Waals surface area contributed by atoms with Crippen molar-refractivity contribution in [1.29, 1.82) is 0 Å². The number of aromatic amines is 1. The molecule has 0 radical (unpaired) electrons. The largest absolute Gasteiger partial charge is 0.481 e. The number of carboxylic acids is 1. The van der Waals surface area contributed by atoms with E-state index >= 15 is 0 Å². The van der Waals surface area contributed by atoms with Gasteiger partial charge in [0.1, 0.15) is 5.82 Å². The summed E-state index contributed by atoms with van der Waals surface area (Å²) in [5.74, 6) is -0.201. The predicted molar refractivity (Wildman–Crippen MR) is 80.7 cm³/mol. The van der Waals surface area contributed by atoms with Crippen molar-refractivity contribution in [2.24, 2.45) is 5.41 Å². The van der Waals surface area contributed by atoms with Gasteiger partial charge in [0.2, 0.25) is 0 Å². The highest BCUT2D eigenvalue weighted by Crippen LogP contribution is 2.34. The maximum absolute atomic E-state index is 11.7. The molecular weight excluding hydrogens is 286 g/mol. The Morgan fingerprint density at radius 1 is 1.59 bits per heavy atom. The fourth-order valence-electron chi connectivity index (χ4n) is 3.10. The molecule has 1 aromatic heterocycles. The number of likely N-dealkylation sites (tertiary alicyclic amines) is 1. The van der Waals surface area contributed by atoms with Crippen molar-refractivity contribution >= 4 is 5.97 Å². The number of aromatic nitrogens is 2. The third-order valence-corrected chi connectivity index (χ3v) is 4.19. The van der Waals surface area contributed by atoms with Gasteiger partial charge in [0.05, 0.1) is 11.1 Å². The molecule has 0 amide bonds. The molecule has 0 bridgehead atoms. The molecule has 0 saturated carbocycles. The molecule has 0 spiro atoms. The van der Waals surface area contributed by atoms with E-state index in [1.54, 1.807) is 14.0 Å². The van der Waals surface area contributed by atoms with Crippen LogP contribution in [0.15, 0.2) is 10.9 Å². The lowest BCUT2D eigenvalue weighted by Gasteiger charge is -2.39. The van der Waals surface area contributed by atoms with Crippen LogP contribution in [0.3, 0.4) is 0 Å². The normalized spacial score (nSPS) is 22.6. The van der Waals surface area contributed by atoms with Gasteiger partial charge in [-0.3, -0.25) is 14.5 Å². The molecule has 1 aliphatic heterocycles. The van der Waals surface area contributed by atoms with Crippen molar-refractivity contribution in [2.75, 3.05) is 26.8 Å². The Morgan fingerprint density at radius 3 is 3.00 bits per heavy atom. The van der Waals surface area contributed by atoms with Crippen molar-refractivity contribution in [1.82, 2.24) is 14.9 Å². The number of hydrogen-bond donors (Lipinski definition) is 2. The Kier molecular flexibility index (Phi) is 5.31. The second kappa shape index (κ2) is 7.02. The minimum atomic E-state index is -0.774. The first kappa shape index (κ1) is 16.6. The predicted octanol–water partition coefficient (Wildman–Crippen LogP) is 0.782. The highest BCUT2D eigenvalue weighted by molar-refractivity contribution is 5.75. The first-order valence-electron chi connectivity index (χ1n) is 7.47. The molecule has 1 saturated heterocycles. The minimum Gasteiger partial charge on any atom is -0.481 e. The smallest absolute Gasteiger partial charge is 0.311 e. The summed E-state index contributed by atoms with van der Waals surface area (Å²) in [6, 6.07) is 1.47. The summed E-state index contributed by atoms with van der Waals surface area (Å²) in [5, 5.41) is 9.63. The van der Waals surface area contributed by atoms with E-state index in [4.69, 9.17) is 4.74 Å². The van der Waals surface area contributed by atoms with E-state index in [0.29, 0.717) is 44.1 Å². The lowest BCUT2D eigenvalue weighted by Crippen LogP contribution is -2.48. The minimum absolute atomic E-state index is 0.177. The summed E-state index contributed by atoms with van der Waals surface area (Å²) in [6.07, 6.45) is 1.97. The molecule has 1 fully saturated rings. The van der Waals surface area contributed by atoms with Crippen LogP contribution in [0, 0.1) is 12.3 Å². The monoisotopic (exact) mass is 309 g/mol. The zero-order valence-corrected chi connectivity index (χ0v) is 13.1. The fraction of sp³-hybridized carbons (Fsp3) is 0.667. The summed E-state index contributed by atoms with van der Waals surface area (Å²) in [6.45, 7) is 3.94. The van der Waals surface area contributed by atoms with Gasteiger partial charge in [-0.2, -0.15) is 0 Å². The highest BCUT2D eigenvalue weighted by Gasteiger charge is 2.42. The third-order valence-electron chi connectivity index (χ3n) is 4.19. The van der Waals surface area contributed by atoms with Crippen LogP contribution in [0.4, 0.5) is 0 Å². The van der Waals surface area contributed by atoms with Crippen LogP contribution in [0.2, 0.25) is 0 Å². The molecular formula is C15H23N3O4. The first-order valence-corrected chi connectivity index (χ1v) is 7.47. The first-order chi connectivity index (χ1) is 10.4. The maximum atomic E-state index is 11.7. The van der Waals surface area contributed by atoms with Crippen molar-refractivity contribution < 1.29 is 14.6 Å². The van der Waals surface area contributed by atoms with E-state index in [0.717, 1.165) is 13.0 Å². The number of ether oxygens (including phenoxy) is 1. The Labute approximate surface area is 129 Å². The summed E-state index contributed by atoms with van der Waals surface area (Å²) >= 11 is 0. The number of methoxy groups -OCH3 is 1. The second-order valence-corrected chi connectivity index (χ2v) is 5.96. The number of hydrogen-bond acceptors (Lipinski definition) is 5. The van der Waals surface area contributed by atoms with Crippen LogP contribution >= 0.6 is 0 Å². The molecule has 7 heteroatoms. The standard InChI is InChI=1S/C15H23N3O4/c1-11-16-12(8-13(19)17-11)9-18-6-3-4-15(10-18,14(20)21)5-7-22-2/h8H,3-7,9-10H2,1-2H3,(H,20,21)(H,16,17,19)/t15-/m1/s1. The van der Waals surface area contributed by atoms with Gasteiger partial charge in [-0.05, 0) is 32.7 Å². The van der Waals surface area contributed by atoms with Crippen molar-refractivity contribution in [3.63, 3.8) is 0 Å². The number of aryl methyl sites for hydroxylation is 1. The van der Waals surface area contributed by atoms with Crippen LogP contribution in [0.5, 0.6) is 0 Å². The number of piperidine rings is 1. The molecule has 1 aliphatic rings. The molecule has 2 N–H and O–H groups in total. The number of nitrogens with zero attached hydrogens (tertiary/aromatic N) is 2. The Balaban J connectivity index is 2.11. The van der Waals surface area contributed by atoms with Crippen molar-refractivity contribution in [3.05, 3.63) is 27.9 Å². The Hall–Kier alpha value is -1.73. The number of rotatable bonds is 6. The third kappa shape index (κ3) is 3.92. The average molecular weight is 309 g/mol. The van der Waals surface area contributed by atoms with E-state index in [1.807, 2.05) is 0 Å². The van der Waals surface area contributed by atoms with Gasteiger partial charge in [0, 0.05) is 32.9 Å². The number of carboxylic acid groups (broad SMARTS) is 1. The fourth-order valence-corrected chi connectivity index (χ4v) is 3.10. The number of aliphatic carboxylic acids is 1. The summed E-state index contributed by atoms with van der Waals surface area (Å²) in [5.41, 5.74) is -0.276. The molecule has 0 aliphatic carbocycles.